The molecule has 3 aliphatic rings. The number of ether oxygens (including phenoxy) is 5. The van der Waals surface area contributed by atoms with E-state index in [-0.39, 0.29) is 30.2 Å². The Kier molecular flexibility index (Phi) is 4.77. The molecule has 3 fully saturated rings. The number of thiocarbonyl (C=S) groups is 1. The number of fused-ring (bicyclic) bond motifs is 1. The highest BCUT2D eigenvalue weighted by Gasteiger charge is 2.58. The Balaban J connectivity index is 1.55. The summed E-state index contributed by atoms with van der Waals surface area (Å²) >= 11 is 5.53. The van der Waals surface area contributed by atoms with Gasteiger partial charge in [0.2, 0.25) is 0 Å². The van der Waals surface area contributed by atoms with Crippen molar-refractivity contribution in [2.45, 2.75) is 69.9 Å². The molecule has 0 saturated carbocycles. The summed E-state index contributed by atoms with van der Waals surface area (Å²) in [5.74, 6) is -1.73. The zero-order valence-corrected chi connectivity index (χ0v) is 16.5. The second kappa shape index (κ2) is 6.72. The zero-order valence-electron chi connectivity index (χ0n) is 15.7. The summed E-state index contributed by atoms with van der Waals surface area (Å²) in [7, 11) is 0. The highest BCUT2D eigenvalue weighted by atomic mass is 32.1. The maximum atomic E-state index is 13.2. The van der Waals surface area contributed by atoms with E-state index in [1.165, 1.54) is 12.1 Å². The van der Waals surface area contributed by atoms with Crippen molar-refractivity contribution in [2.24, 2.45) is 0 Å². The van der Waals surface area contributed by atoms with E-state index in [9.17, 15) is 4.39 Å². The topological polar surface area (TPSA) is 58.2 Å². The van der Waals surface area contributed by atoms with Gasteiger partial charge in [-0.15, -0.1) is 0 Å². The van der Waals surface area contributed by atoms with Crippen LogP contribution in [-0.2, 0) is 23.7 Å². The molecule has 0 unspecified atom stereocenters. The van der Waals surface area contributed by atoms with Crippen LogP contribution in [0.3, 0.4) is 0 Å². The van der Waals surface area contributed by atoms with Crippen LogP contribution in [0.2, 0.25) is 0 Å². The van der Waals surface area contributed by atoms with Gasteiger partial charge in [0.05, 0.1) is 12.6 Å². The SMILES string of the molecule is CC1(C)O[C@H]2O[C@H]([C@H]3COC(C)(C)O3)[C@@H](NC(=S)c3ccc(F)cc3)[C@H]2O1. The third-order valence-corrected chi connectivity index (χ3v) is 5.24. The van der Waals surface area contributed by atoms with Gasteiger partial charge in [-0.2, -0.15) is 0 Å². The van der Waals surface area contributed by atoms with Crippen LogP contribution in [0.15, 0.2) is 24.3 Å². The predicted octanol–water partition coefficient (Wildman–Crippen LogP) is 2.49. The van der Waals surface area contributed by atoms with E-state index < -0.39 is 17.9 Å². The van der Waals surface area contributed by atoms with E-state index in [1.54, 1.807) is 12.1 Å². The first kappa shape index (κ1) is 19.2. The minimum absolute atomic E-state index is 0.283. The van der Waals surface area contributed by atoms with Crippen LogP contribution in [-0.4, -0.2) is 53.8 Å². The van der Waals surface area contributed by atoms with E-state index in [1.807, 2.05) is 27.7 Å². The lowest BCUT2D eigenvalue weighted by atomic mass is 10.0. The number of rotatable bonds is 3. The summed E-state index contributed by atoms with van der Waals surface area (Å²) in [6.45, 7) is 7.83. The number of nitrogens with one attached hydrogen (secondary N) is 1. The molecule has 0 amide bonds. The van der Waals surface area contributed by atoms with Crippen LogP contribution in [0.1, 0.15) is 33.3 Å². The Labute approximate surface area is 163 Å². The summed E-state index contributed by atoms with van der Waals surface area (Å²) in [5.41, 5.74) is 0.718. The first-order valence-corrected chi connectivity index (χ1v) is 9.44. The second-order valence-corrected chi connectivity index (χ2v) is 8.35. The van der Waals surface area contributed by atoms with Gasteiger partial charge in [-0.25, -0.2) is 4.39 Å². The summed E-state index contributed by atoms with van der Waals surface area (Å²) in [4.78, 5) is 0.487. The van der Waals surface area contributed by atoms with Crippen LogP contribution in [0.4, 0.5) is 4.39 Å². The molecule has 5 atom stereocenters. The first-order valence-electron chi connectivity index (χ1n) is 9.03. The molecule has 8 heteroatoms. The summed E-state index contributed by atoms with van der Waals surface area (Å²) in [6.07, 6.45) is -1.52. The molecule has 1 aromatic rings. The molecule has 0 spiro atoms. The maximum absolute atomic E-state index is 13.2. The fourth-order valence-corrected chi connectivity index (χ4v) is 4.00. The molecule has 0 aromatic heterocycles. The predicted molar refractivity (Wildman–Crippen MR) is 98.6 cm³/mol. The average molecular weight is 397 g/mol. The minimum Gasteiger partial charge on any atom is -0.367 e. The monoisotopic (exact) mass is 397 g/mol. The second-order valence-electron chi connectivity index (χ2n) is 7.94. The van der Waals surface area contributed by atoms with Crippen molar-refractivity contribution < 1.29 is 28.1 Å². The molecule has 4 rings (SSSR count). The fourth-order valence-electron chi connectivity index (χ4n) is 3.73. The van der Waals surface area contributed by atoms with E-state index in [0.29, 0.717) is 11.6 Å². The van der Waals surface area contributed by atoms with Gasteiger partial charge in [0.1, 0.15) is 29.1 Å². The lowest BCUT2D eigenvalue weighted by Gasteiger charge is -2.30. The molecule has 0 aliphatic carbocycles. The number of hydrogen-bond acceptors (Lipinski definition) is 6. The molecular weight excluding hydrogens is 373 g/mol. The maximum Gasteiger partial charge on any atom is 0.189 e. The van der Waals surface area contributed by atoms with Crippen LogP contribution < -0.4 is 5.32 Å². The lowest BCUT2D eigenvalue weighted by molar-refractivity contribution is -0.223. The van der Waals surface area contributed by atoms with Crippen LogP contribution in [0, 0.1) is 5.82 Å². The van der Waals surface area contributed by atoms with Gasteiger partial charge in [0.15, 0.2) is 17.9 Å². The average Bonchev–Trinajstić information content (AvgIpc) is 3.18. The standard InChI is InChI=1S/C19H24FNO5S/c1-18(2)22-9-12(24-18)14-13(15-17(23-14)26-19(3,4)25-15)21-16(27)10-5-7-11(20)8-6-10/h5-8,12-15,17H,9H2,1-4H3,(H,21,27)/t12-,13-,14-,15-,17-/m1/s1. The summed E-state index contributed by atoms with van der Waals surface area (Å²) in [5, 5.41) is 3.32. The Morgan fingerprint density at radius 2 is 1.74 bits per heavy atom. The molecule has 3 aliphatic heterocycles. The summed E-state index contributed by atoms with van der Waals surface area (Å²) < 4.78 is 43.0. The lowest BCUT2D eigenvalue weighted by Crippen LogP contribution is -2.52. The molecule has 148 valence electrons. The fraction of sp³-hybridized carbons (Fsp3) is 0.632. The smallest absolute Gasteiger partial charge is 0.189 e. The van der Waals surface area contributed by atoms with Crippen molar-refractivity contribution in [1.82, 2.24) is 5.32 Å². The Morgan fingerprint density at radius 3 is 2.37 bits per heavy atom. The molecular formula is C19H24FNO5S. The van der Waals surface area contributed by atoms with Crippen LogP contribution in [0.5, 0.6) is 0 Å². The van der Waals surface area contributed by atoms with Crippen molar-refractivity contribution in [3.8, 4) is 0 Å². The van der Waals surface area contributed by atoms with Gasteiger partial charge in [-0.1, -0.05) is 12.2 Å². The van der Waals surface area contributed by atoms with E-state index in [2.05, 4.69) is 5.32 Å². The molecule has 6 nitrogen and oxygen atoms in total. The Hall–Kier alpha value is -1.16. The molecule has 0 bridgehead atoms. The highest BCUT2D eigenvalue weighted by molar-refractivity contribution is 7.80. The van der Waals surface area contributed by atoms with Crippen molar-refractivity contribution in [1.29, 1.82) is 0 Å². The molecule has 3 heterocycles. The summed E-state index contributed by atoms with van der Waals surface area (Å²) in [6, 6.07) is 5.74. The third kappa shape index (κ3) is 3.87. The Bertz CT molecular complexity index is 725. The zero-order chi connectivity index (χ0) is 19.4. The highest BCUT2D eigenvalue weighted by Crippen LogP contribution is 2.40. The van der Waals surface area contributed by atoms with Crippen molar-refractivity contribution in [3.05, 3.63) is 35.6 Å². The normalized spacial score (nSPS) is 36.6. The first-order chi connectivity index (χ1) is 12.6. The Morgan fingerprint density at radius 1 is 1.04 bits per heavy atom. The van der Waals surface area contributed by atoms with E-state index >= 15 is 0 Å². The van der Waals surface area contributed by atoms with E-state index in [4.69, 9.17) is 35.9 Å². The van der Waals surface area contributed by atoms with Gasteiger partial charge in [0.25, 0.3) is 0 Å². The molecule has 3 saturated heterocycles. The third-order valence-electron chi connectivity index (χ3n) is 4.89. The van der Waals surface area contributed by atoms with Crippen molar-refractivity contribution >= 4 is 17.2 Å². The quantitative estimate of drug-likeness (QED) is 0.787. The number of benzene rings is 1. The van der Waals surface area contributed by atoms with Crippen LogP contribution in [0.25, 0.3) is 0 Å². The molecule has 27 heavy (non-hydrogen) atoms. The molecule has 1 aromatic carbocycles. The molecule has 1 N–H and O–H groups in total. The van der Waals surface area contributed by atoms with Crippen LogP contribution >= 0.6 is 12.2 Å². The van der Waals surface area contributed by atoms with E-state index in [0.717, 1.165) is 5.56 Å². The van der Waals surface area contributed by atoms with Gasteiger partial charge in [0, 0.05) is 5.56 Å². The minimum atomic E-state index is -0.746. The van der Waals surface area contributed by atoms with Crippen molar-refractivity contribution in [2.75, 3.05) is 6.61 Å². The number of hydrogen-bond donors (Lipinski definition) is 1. The van der Waals surface area contributed by atoms with Gasteiger partial charge >= 0.3 is 0 Å². The van der Waals surface area contributed by atoms with Gasteiger partial charge < -0.3 is 29.0 Å². The van der Waals surface area contributed by atoms with Crippen molar-refractivity contribution in [3.63, 3.8) is 0 Å². The van der Waals surface area contributed by atoms with Gasteiger partial charge in [-0.05, 0) is 52.0 Å². The molecule has 0 radical (unpaired) electrons. The number of halogens is 1. The largest absolute Gasteiger partial charge is 0.367 e. The van der Waals surface area contributed by atoms with Gasteiger partial charge in [-0.3, -0.25) is 0 Å².